The van der Waals surface area contributed by atoms with Crippen LogP contribution in [0, 0.1) is 0 Å². The molecule has 4 nitrogen and oxygen atoms in total. The summed E-state index contributed by atoms with van der Waals surface area (Å²) in [6.07, 6.45) is 0. The number of rotatable bonds is 2. The summed E-state index contributed by atoms with van der Waals surface area (Å²) in [5, 5.41) is 2.44. The number of thiophene rings is 2. The molecule has 0 saturated carbocycles. The molecule has 5 rings (SSSR count). The second kappa shape index (κ2) is 6.33. The van der Waals surface area contributed by atoms with Crippen molar-refractivity contribution in [2.24, 2.45) is 0 Å². The molecule has 2 aromatic heterocycles. The minimum atomic E-state index is -0.337. The van der Waals surface area contributed by atoms with Crippen molar-refractivity contribution in [2.75, 3.05) is 0 Å². The molecule has 2 fully saturated rings. The van der Waals surface area contributed by atoms with Crippen LogP contribution in [-0.2, 0) is 18.6 Å². The molecule has 0 radical (unpaired) electrons. The van der Waals surface area contributed by atoms with Crippen LogP contribution in [0.5, 0.6) is 0 Å². The van der Waals surface area contributed by atoms with E-state index in [9.17, 15) is 0 Å². The van der Waals surface area contributed by atoms with Crippen molar-refractivity contribution in [3.63, 3.8) is 0 Å². The average Bonchev–Trinajstić information content (AvgIpc) is 3.30. The van der Waals surface area contributed by atoms with Crippen molar-refractivity contribution in [1.82, 2.24) is 0 Å². The number of hydrogen-bond donors (Lipinski definition) is 0. The highest BCUT2D eigenvalue weighted by atomic mass is 32.1. The highest BCUT2D eigenvalue weighted by molar-refractivity contribution is 7.35. The number of benzene rings is 1. The molecule has 3 aromatic rings. The lowest BCUT2D eigenvalue weighted by Crippen LogP contribution is -2.41. The first-order valence-corrected chi connectivity index (χ1v) is 12.1. The third-order valence-electron chi connectivity index (χ3n) is 7.18. The first-order chi connectivity index (χ1) is 13.8. The topological polar surface area (TPSA) is 36.9 Å². The largest absolute Gasteiger partial charge is 0.505 e. The molecular formula is C22H28B2O4S2. The highest BCUT2D eigenvalue weighted by Crippen LogP contribution is 2.40. The predicted octanol–water partition coefficient (Wildman–Crippen LogP) is 4.71. The number of fused-ring (bicyclic) bond motifs is 3. The van der Waals surface area contributed by atoms with E-state index in [1.165, 1.54) is 20.2 Å². The summed E-state index contributed by atoms with van der Waals surface area (Å²) in [4.78, 5) is 0. The van der Waals surface area contributed by atoms with E-state index in [0.29, 0.717) is 0 Å². The Morgan fingerprint density at radius 2 is 0.867 bits per heavy atom. The van der Waals surface area contributed by atoms with Gasteiger partial charge in [-0.2, -0.15) is 0 Å². The van der Waals surface area contributed by atoms with Crippen molar-refractivity contribution < 1.29 is 18.6 Å². The fourth-order valence-corrected chi connectivity index (χ4v) is 6.17. The molecule has 8 heteroatoms. The monoisotopic (exact) mass is 442 g/mol. The molecule has 4 heterocycles. The van der Waals surface area contributed by atoms with Gasteiger partial charge in [-0.3, -0.25) is 0 Å². The van der Waals surface area contributed by atoms with Gasteiger partial charge in [-0.1, -0.05) is 12.1 Å². The second-order valence-electron chi connectivity index (χ2n) is 10.4. The zero-order valence-electron chi connectivity index (χ0n) is 18.9. The molecule has 30 heavy (non-hydrogen) atoms. The van der Waals surface area contributed by atoms with E-state index in [1.54, 1.807) is 22.7 Å². The normalized spacial score (nSPS) is 24.4. The maximum absolute atomic E-state index is 6.28. The van der Waals surface area contributed by atoms with Gasteiger partial charge < -0.3 is 18.6 Å². The van der Waals surface area contributed by atoms with E-state index in [-0.39, 0.29) is 36.6 Å². The fourth-order valence-electron chi connectivity index (χ4n) is 3.78. The van der Waals surface area contributed by atoms with Crippen LogP contribution in [0.25, 0.3) is 20.2 Å². The lowest BCUT2D eigenvalue weighted by Gasteiger charge is -2.32. The Balaban J connectivity index is 1.52. The van der Waals surface area contributed by atoms with E-state index >= 15 is 0 Å². The quantitative estimate of drug-likeness (QED) is 0.539. The van der Waals surface area contributed by atoms with Crippen LogP contribution in [0.15, 0.2) is 24.3 Å². The molecule has 0 amide bonds. The van der Waals surface area contributed by atoms with Crippen molar-refractivity contribution >= 4 is 66.6 Å². The molecule has 0 N–H and O–H groups in total. The second-order valence-corrected chi connectivity index (χ2v) is 12.5. The maximum Gasteiger partial charge on any atom is 0.505 e. The molecule has 2 aliphatic rings. The minimum absolute atomic E-state index is 0.329. The number of hydrogen-bond acceptors (Lipinski definition) is 6. The van der Waals surface area contributed by atoms with Gasteiger partial charge in [-0.25, -0.2) is 0 Å². The molecule has 0 unspecified atom stereocenters. The van der Waals surface area contributed by atoms with E-state index in [0.717, 1.165) is 9.55 Å². The summed E-state index contributed by atoms with van der Waals surface area (Å²) >= 11 is 3.52. The first kappa shape index (κ1) is 21.0. The van der Waals surface area contributed by atoms with Crippen LogP contribution in [-0.4, -0.2) is 36.6 Å². The molecule has 2 saturated heterocycles. The SMILES string of the molecule is CC1(C)OB(c2cc3ccc4cc(B5OC(C)(C)C(C)(C)O5)sc4c3s2)OC1(C)C. The summed E-state index contributed by atoms with van der Waals surface area (Å²) in [7, 11) is -0.657. The lowest BCUT2D eigenvalue weighted by molar-refractivity contribution is 0.00578. The van der Waals surface area contributed by atoms with Gasteiger partial charge in [0.25, 0.3) is 0 Å². The first-order valence-electron chi connectivity index (χ1n) is 10.5. The summed E-state index contributed by atoms with van der Waals surface area (Å²) < 4.78 is 29.9. The van der Waals surface area contributed by atoms with E-state index in [4.69, 9.17) is 18.6 Å². The molecule has 0 spiro atoms. The molecule has 2 aliphatic heterocycles. The Labute approximate surface area is 187 Å². The van der Waals surface area contributed by atoms with Gasteiger partial charge in [0, 0.05) is 9.55 Å². The van der Waals surface area contributed by atoms with Crippen molar-refractivity contribution in [1.29, 1.82) is 0 Å². The maximum atomic E-state index is 6.28. The van der Waals surface area contributed by atoms with Gasteiger partial charge in [0.1, 0.15) is 0 Å². The summed E-state index contributed by atoms with van der Waals surface area (Å²) in [5.74, 6) is 0. The van der Waals surface area contributed by atoms with Crippen molar-refractivity contribution in [3.05, 3.63) is 24.3 Å². The van der Waals surface area contributed by atoms with E-state index in [1.807, 2.05) is 0 Å². The molecule has 0 bridgehead atoms. The van der Waals surface area contributed by atoms with Crippen LogP contribution < -0.4 is 9.55 Å². The zero-order valence-corrected chi connectivity index (χ0v) is 20.5. The van der Waals surface area contributed by atoms with Gasteiger partial charge in [0.05, 0.1) is 31.8 Å². The van der Waals surface area contributed by atoms with Gasteiger partial charge in [0.15, 0.2) is 0 Å². The Bertz CT molecular complexity index is 1020. The Morgan fingerprint density at radius 1 is 0.567 bits per heavy atom. The summed E-state index contributed by atoms with van der Waals surface area (Å²) in [5.41, 5.74) is -1.35. The molecule has 0 atom stereocenters. The Morgan fingerprint density at radius 3 is 1.17 bits per heavy atom. The molecule has 158 valence electrons. The van der Waals surface area contributed by atoms with Gasteiger partial charge >= 0.3 is 14.2 Å². The molecule has 1 aromatic carbocycles. The standard InChI is InChI=1S/C22H28B2O4S2/c1-19(2)20(3,4)26-23(25-19)15-11-13-9-10-14-12-16(30-18(14)17(13)29-15)24-27-21(5,6)22(7,8)28-24/h9-12H,1-8H3. The van der Waals surface area contributed by atoms with Crippen molar-refractivity contribution in [2.45, 2.75) is 77.8 Å². The fraction of sp³-hybridized carbons (Fsp3) is 0.545. The third-order valence-corrected chi connectivity index (χ3v) is 9.69. The average molecular weight is 442 g/mol. The van der Waals surface area contributed by atoms with E-state index in [2.05, 4.69) is 79.7 Å². The van der Waals surface area contributed by atoms with Crippen LogP contribution >= 0.6 is 22.7 Å². The minimum Gasteiger partial charge on any atom is -0.399 e. The van der Waals surface area contributed by atoms with Crippen LogP contribution in [0.3, 0.4) is 0 Å². The predicted molar refractivity (Wildman–Crippen MR) is 129 cm³/mol. The lowest BCUT2D eigenvalue weighted by atomic mass is 9.87. The van der Waals surface area contributed by atoms with Crippen molar-refractivity contribution in [3.8, 4) is 0 Å². The molecular weight excluding hydrogens is 414 g/mol. The Hall–Kier alpha value is -0.890. The third kappa shape index (κ3) is 3.03. The summed E-state index contributed by atoms with van der Waals surface area (Å²) in [6.45, 7) is 16.7. The molecule has 0 aliphatic carbocycles. The van der Waals surface area contributed by atoms with Gasteiger partial charge in [-0.05, 0) is 78.3 Å². The van der Waals surface area contributed by atoms with E-state index < -0.39 is 0 Å². The zero-order chi connectivity index (χ0) is 21.7. The van der Waals surface area contributed by atoms with Gasteiger partial charge in [-0.15, -0.1) is 22.7 Å². The Kier molecular flexibility index (Phi) is 4.43. The van der Waals surface area contributed by atoms with Crippen LogP contribution in [0.1, 0.15) is 55.4 Å². The highest BCUT2D eigenvalue weighted by Gasteiger charge is 2.53. The smallest absolute Gasteiger partial charge is 0.399 e. The van der Waals surface area contributed by atoms with Crippen LogP contribution in [0.4, 0.5) is 0 Å². The summed E-state index contributed by atoms with van der Waals surface area (Å²) in [6, 6.07) is 8.78. The van der Waals surface area contributed by atoms with Crippen LogP contribution in [0.2, 0.25) is 0 Å². The van der Waals surface area contributed by atoms with Gasteiger partial charge in [0.2, 0.25) is 0 Å².